The molecule has 2 aromatic carbocycles. The molecule has 0 saturated heterocycles. The summed E-state index contributed by atoms with van der Waals surface area (Å²) in [5, 5.41) is 6.09. The molecular weight excluding hydrogens is 371 g/mol. The second kappa shape index (κ2) is 8.79. The molecule has 1 heterocycles. The molecule has 3 rings (SSSR count). The fourth-order valence-electron chi connectivity index (χ4n) is 3.14. The third-order valence-corrected chi connectivity index (χ3v) is 4.63. The topological polar surface area (TPSA) is 74.3 Å². The highest BCUT2D eigenvalue weighted by Gasteiger charge is 2.19. The number of hydrogen-bond donors (Lipinski definition) is 2. The number of carbonyl (C=O) groups excluding carboxylic acids is 2. The van der Waals surface area contributed by atoms with Crippen LogP contribution in [0, 0.1) is 12.7 Å². The van der Waals surface area contributed by atoms with Crippen molar-refractivity contribution in [3.05, 3.63) is 71.7 Å². The lowest BCUT2D eigenvalue weighted by molar-refractivity contribution is -0.136. The van der Waals surface area contributed by atoms with Crippen LogP contribution in [0.15, 0.2) is 54.6 Å². The molecule has 0 unspecified atom stereocenters. The van der Waals surface area contributed by atoms with E-state index in [1.165, 1.54) is 12.1 Å². The van der Waals surface area contributed by atoms with E-state index in [0.29, 0.717) is 5.69 Å². The summed E-state index contributed by atoms with van der Waals surface area (Å²) in [5.41, 5.74) is 2.86. The van der Waals surface area contributed by atoms with Crippen LogP contribution in [0.2, 0.25) is 0 Å². The van der Waals surface area contributed by atoms with Gasteiger partial charge in [0.15, 0.2) is 0 Å². The number of anilines is 1. The van der Waals surface area contributed by atoms with Crippen molar-refractivity contribution < 1.29 is 14.0 Å². The average Bonchev–Trinajstić information content (AvgIpc) is 2.68. The van der Waals surface area contributed by atoms with Crippen LogP contribution in [-0.2, 0) is 9.59 Å². The van der Waals surface area contributed by atoms with Gasteiger partial charge in [-0.25, -0.2) is 4.39 Å². The van der Waals surface area contributed by atoms with Gasteiger partial charge in [-0.15, -0.1) is 0 Å². The molecule has 29 heavy (non-hydrogen) atoms. The summed E-state index contributed by atoms with van der Waals surface area (Å²) in [5.74, 6) is -1.82. The molecule has 150 valence electrons. The van der Waals surface area contributed by atoms with Crippen molar-refractivity contribution in [2.45, 2.75) is 13.0 Å². The first-order valence-corrected chi connectivity index (χ1v) is 9.22. The van der Waals surface area contributed by atoms with Crippen molar-refractivity contribution in [3.63, 3.8) is 0 Å². The summed E-state index contributed by atoms with van der Waals surface area (Å²) in [6.07, 6.45) is 0. The highest BCUT2D eigenvalue weighted by molar-refractivity contribution is 6.40. The van der Waals surface area contributed by atoms with Gasteiger partial charge in [0.05, 0.1) is 17.2 Å². The third-order valence-electron chi connectivity index (χ3n) is 4.63. The first-order chi connectivity index (χ1) is 13.8. The minimum Gasteiger partial charge on any atom is -0.346 e. The Balaban J connectivity index is 1.69. The Hall–Kier alpha value is -3.32. The number of para-hydroxylation sites is 1. The minimum atomic E-state index is -0.752. The zero-order chi connectivity index (χ0) is 21.0. The summed E-state index contributed by atoms with van der Waals surface area (Å²) >= 11 is 0. The van der Waals surface area contributed by atoms with E-state index in [4.69, 9.17) is 0 Å². The molecular formula is C22H23FN4O2. The molecule has 2 amide bonds. The van der Waals surface area contributed by atoms with E-state index < -0.39 is 11.8 Å². The molecule has 0 aliphatic rings. The van der Waals surface area contributed by atoms with Crippen molar-refractivity contribution in [2.75, 3.05) is 26.0 Å². The monoisotopic (exact) mass is 394 g/mol. The number of likely N-dealkylation sites (N-methyl/N-ethyl adjacent to an activating group) is 1. The number of hydrogen-bond acceptors (Lipinski definition) is 4. The lowest BCUT2D eigenvalue weighted by Gasteiger charge is -2.25. The van der Waals surface area contributed by atoms with Gasteiger partial charge in [-0.3, -0.25) is 14.6 Å². The molecule has 3 aromatic rings. The Bertz CT molecular complexity index is 1030. The van der Waals surface area contributed by atoms with Crippen LogP contribution in [0.5, 0.6) is 0 Å². The van der Waals surface area contributed by atoms with Gasteiger partial charge in [0.2, 0.25) is 0 Å². The van der Waals surface area contributed by atoms with Crippen molar-refractivity contribution in [1.29, 1.82) is 0 Å². The van der Waals surface area contributed by atoms with Gasteiger partial charge in [-0.2, -0.15) is 0 Å². The smallest absolute Gasteiger partial charge is 0.313 e. The highest BCUT2D eigenvalue weighted by Crippen LogP contribution is 2.23. The van der Waals surface area contributed by atoms with E-state index in [0.717, 1.165) is 22.2 Å². The minimum absolute atomic E-state index is 0.198. The first-order valence-electron chi connectivity index (χ1n) is 9.22. The number of pyridine rings is 1. The Labute approximate surface area is 168 Å². The van der Waals surface area contributed by atoms with E-state index in [9.17, 15) is 14.0 Å². The number of rotatable bonds is 5. The fourth-order valence-corrected chi connectivity index (χ4v) is 3.14. The molecule has 0 aliphatic heterocycles. The highest BCUT2D eigenvalue weighted by atomic mass is 19.1. The van der Waals surface area contributed by atoms with Crippen molar-refractivity contribution >= 4 is 28.4 Å². The molecule has 0 saturated carbocycles. The molecule has 0 spiro atoms. The van der Waals surface area contributed by atoms with Gasteiger partial charge in [0, 0.05) is 17.6 Å². The maximum Gasteiger partial charge on any atom is 0.313 e. The third kappa shape index (κ3) is 4.94. The standard InChI is InChI=1S/C22H23FN4O2/c1-14-12-19(17-6-4-5-7-18(17)25-14)26-22(29)21(28)24-13-20(27(2)3)15-8-10-16(23)11-9-15/h4-12,20H,13H2,1-3H3,(H,24,28)(H,25,26,29)/t20-/m0/s1. The summed E-state index contributed by atoms with van der Waals surface area (Å²) in [4.78, 5) is 31.1. The summed E-state index contributed by atoms with van der Waals surface area (Å²) in [6, 6.07) is 15.0. The number of halogens is 1. The number of fused-ring (bicyclic) bond motifs is 1. The van der Waals surface area contributed by atoms with Crippen LogP contribution in [-0.4, -0.2) is 42.3 Å². The molecule has 6 nitrogen and oxygen atoms in total. The van der Waals surface area contributed by atoms with Crippen LogP contribution >= 0.6 is 0 Å². The second-order valence-electron chi connectivity index (χ2n) is 7.02. The van der Waals surface area contributed by atoms with Crippen LogP contribution in [0.25, 0.3) is 10.9 Å². The lowest BCUT2D eigenvalue weighted by atomic mass is 10.1. The Morgan fingerprint density at radius 3 is 2.45 bits per heavy atom. The van der Waals surface area contributed by atoms with Gasteiger partial charge >= 0.3 is 11.8 Å². The van der Waals surface area contributed by atoms with Gasteiger partial charge in [0.25, 0.3) is 0 Å². The quantitative estimate of drug-likeness (QED) is 0.653. The number of nitrogens with one attached hydrogen (secondary N) is 2. The van der Waals surface area contributed by atoms with E-state index >= 15 is 0 Å². The number of amides is 2. The molecule has 0 radical (unpaired) electrons. The summed E-state index contributed by atoms with van der Waals surface area (Å²) in [7, 11) is 3.71. The molecule has 1 aromatic heterocycles. The largest absolute Gasteiger partial charge is 0.346 e. The predicted molar refractivity (Wildman–Crippen MR) is 111 cm³/mol. The van der Waals surface area contributed by atoms with Crippen LogP contribution in [0.1, 0.15) is 17.3 Å². The number of aromatic nitrogens is 1. The number of carbonyl (C=O) groups is 2. The van der Waals surface area contributed by atoms with Gasteiger partial charge < -0.3 is 15.5 Å². The van der Waals surface area contributed by atoms with Gasteiger partial charge in [-0.05, 0) is 50.8 Å². The predicted octanol–water partition coefficient (Wildman–Crippen LogP) is 3.04. The molecule has 0 aliphatic carbocycles. The number of nitrogens with zero attached hydrogens (tertiary/aromatic N) is 2. The van der Waals surface area contributed by atoms with Crippen LogP contribution < -0.4 is 10.6 Å². The average molecular weight is 394 g/mol. The maximum absolute atomic E-state index is 13.2. The molecule has 0 fully saturated rings. The second-order valence-corrected chi connectivity index (χ2v) is 7.02. The zero-order valence-corrected chi connectivity index (χ0v) is 16.6. The Morgan fingerprint density at radius 1 is 1.07 bits per heavy atom. The molecule has 7 heteroatoms. The van der Waals surface area contributed by atoms with Crippen molar-refractivity contribution in [2.24, 2.45) is 0 Å². The summed E-state index contributed by atoms with van der Waals surface area (Å²) < 4.78 is 13.2. The lowest BCUT2D eigenvalue weighted by Crippen LogP contribution is -2.40. The number of aryl methyl sites for hydroxylation is 1. The van der Waals surface area contributed by atoms with Crippen LogP contribution in [0.4, 0.5) is 10.1 Å². The molecule has 1 atom stereocenters. The van der Waals surface area contributed by atoms with E-state index in [1.807, 2.05) is 50.2 Å². The molecule has 2 N–H and O–H groups in total. The van der Waals surface area contributed by atoms with Gasteiger partial charge in [-0.1, -0.05) is 30.3 Å². The number of benzene rings is 2. The van der Waals surface area contributed by atoms with E-state index in [1.54, 1.807) is 18.2 Å². The Kier molecular flexibility index (Phi) is 6.19. The normalized spacial score (nSPS) is 12.0. The van der Waals surface area contributed by atoms with Crippen molar-refractivity contribution in [3.8, 4) is 0 Å². The molecule has 0 bridgehead atoms. The first kappa shape index (κ1) is 20.4. The van der Waals surface area contributed by atoms with Crippen LogP contribution in [0.3, 0.4) is 0 Å². The fraction of sp³-hybridized carbons (Fsp3) is 0.227. The Morgan fingerprint density at radius 2 is 1.76 bits per heavy atom. The summed E-state index contributed by atoms with van der Waals surface area (Å²) in [6.45, 7) is 2.04. The van der Waals surface area contributed by atoms with Gasteiger partial charge in [0.1, 0.15) is 5.82 Å². The zero-order valence-electron chi connectivity index (χ0n) is 16.6. The van der Waals surface area contributed by atoms with E-state index in [2.05, 4.69) is 15.6 Å². The SMILES string of the molecule is Cc1cc(NC(=O)C(=O)NC[C@@H](c2ccc(F)cc2)N(C)C)c2ccccc2n1. The van der Waals surface area contributed by atoms with E-state index in [-0.39, 0.29) is 18.4 Å². The van der Waals surface area contributed by atoms with Crippen molar-refractivity contribution in [1.82, 2.24) is 15.2 Å². The maximum atomic E-state index is 13.2.